The topological polar surface area (TPSA) is 125 Å². The number of benzene rings is 3. The van der Waals surface area contributed by atoms with Crippen molar-refractivity contribution < 1.29 is 29.3 Å². The summed E-state index contributed by atoms with van der Waals surface area (Å²) < 4.78 is 5.43. The summed E-state index contributed by atoms with van der Waals surface area (Å²) in [5, 5.41) is 25.4. The second-order valence-corrected chi connectivity index (χ2v) is 8.31. The minimum Gasteiger partial charge on any atom is -0.449 e. The first-order chi connectivity index (χ1) is 16.4. The number of rotatable bonds is 6. The number of alkyl carbamates (subject to hydrolysis) is 1. The molecular formula is C26H22N2O6. The van der Waals surface area contributed by atoms with Crippen LogP contribution in [0.25, 0.3) is 11.1 Å². The number of hydrogen-bond donors (Lipinski definition) is 4. The molecule has 2 aliphatic rings. The lowest BCUT2D eigenvalue weighted by molar-refractivity contribution is 0.0185. The maximum Gasteiger partial charge on any atom is 0.407 e. The first kappa shape index (κ1) is 21.8. The lowest BCUT2D eigenvalue weighted by Gasteiger charge is -2.19. The van der Waals surface area contributed by atoms with E-state index >= 15 is 0 Å². The summed E-state index contributed by atoms with van der Waals surface area (Å²) in [6.45, 7) is -0.132. The van der Waals surface area contributed by atoms with E-state index in [1.54, 1.807) is 0 Å². The lowest BCUT2D eigenvalue weighted by atomic mass is 9.98. The predicted molar refractivity (Wildman–Crippen MR) is 122 cm³/mol. The SMILES string of the molecule is O=C(NCC(O)C(O)c1ccc2c(c1)C(=O)NC2=O)OCC1c2ccccc2-c2ccccc21. The number of nitrogens with one attached hydrogen (secondary N) is 2. The number of amides is 3. The molecule has 1 aliphatic carbocycles. The zero-order chi connectivity index (χ0) is 23.8. The van der Waals surface area contributed by atoms with Crippen molar-refractivity contribution in [3.63, 3.8) is 0 Å². The van der Waals surface area contributed by atoms with Crippen LogP contribution in [0, 0.1) is 0 Å². The molecule has 5 rings (SSSR count). The van der Waals surface area contributed by atoms with Gasteiger partial charge in [-0.05, 0) is 39.9 Å². The standard InChI is InChI=1S/C26H22N2O6/c29-22(23(30)14-9-10-19-20(11-14)25(32)28-24(19)31)12-27-26(33)34-13-21-17-7-3-1-5-15(17)16-6-2-4-8-18(16)21/h1-11,21-23,29-30H,12-13H2,(H,27,33)(H,28,31,32). The monoisotopic (exact) mass is 458 g/mol. The molecule has 3 aromatic carbocycles. The van der Waals surface area contributed by atoms with E-state index in [2.05, 4.69) is 10.6 Å². The van der Waals surface area contributed by atoms with Gasteiger partial charge in [0.1, 0.15) is 18.8 Å². The Labute approximate surface area is 195 Å². The molecule has 0 aromatic heterocycles. The Balaban J connectivity index is 1.18. The predicted octanol–water partition coefficient (Wildman–Crippen LogP) is 2.50. The van der Waals surface area contributed by atoms with Gasteiger partial charge in [0.2, 0.25) is 0 Å². The van der Waals surface area contributed by atoms with Gasteiger partial charge in [0, 0.05) is 12.5 Å². The minimum absolute atomic E-state index is 0.0889. The van der Waals surface area contributed by atoms with Crippen LogP contribution in [-0.2, 0) is 4.74 Å². The number of fused-ring (bicyclic) bond motifs is 4. The molecule has 1 heterocycles. The Morgan fingerprint density at radius 1 is 0.882 bits per heavy atom. The summed E-state index contributed by atoms with van der Waals surface area (Å²) in [6.07, 6.45) is -3.44. The van der Waals surface area contributed by atoms with Gasteiger partial charge in [-0.1, -0.05) is 54.6 Å². The maximum absolute atomic E-state index is 12.3. The summed E-state index contributed by atoms with van der Waals surface area (Å²) in [7, 11) is 0. The van der Waals surface area contributed by atoms with Gasteiger partial charge < -0.3 is 20.3 Å². The van der Waals surface area contributed by atoms with E-state index < -0.39 is 30.1 Å². The molecule has 0 fully saturated rings. The highest BCUT2D eigenvalue weighted by molar-refractivity contribution is 6.21. The highest BCUT2D eigenvalue weighted by Crippen LogP contribution is 2.44. The number of imide groups is 1. The Kier molecular flexibility index (Phi) is 5.61. The maximum atomic E-state index is 12.3. The Morgan fingerprint density at radius 3 is 2.18 bits per heavy atom. The van der Waals surface area contributed by atoms with Crippen LogP contribution in [0.3, 0.4) is 0 Å². The Morgan fingerprint density at radius 2 is 1.50 bits per heavy atom. The third kappa shape index (κ3) is 3.83. The van der Waals surface area contributed by atoms with Gasteiger partial charge in [-0.15, -0.1) is 0 Å². The van der Waals surface area contributed by atoms with Gasteiger partial charge in [-0.2, -0.15) is 0 Å². The van der Waals surface area contributed by atoms with E-state index in [-0.39, 0.29) is 35.8 Å². The third-order valence-corrected chi connectivity index (χ3v) is 6.27. The van der Waals surface area contributed by atoms with Gasteiger partial charge >= 0.3 is 6.09 Å². The number of carbonyl (C=O) groups is 3. The molecule has 8 heteroatoms. The minimum atomic E-state index is -1.37. The summed E-state index contributed by atoms with van der Waals surface area (Å²) in [4.78, 5) is 35.8. The Hall–Kier alpha value is -4.01. The van der Waals surface area contributed by atoms with Crippen LogP contribution in [0.2, 0.25) is 0 Å². The van der Waals surface area contributed by atoms with E-state index in [4.69, 9.17) is 4.74 Å². The summed E-state index contributed by atoms with van der Waals surface area (Å²) in [5.41, 5.74) is 5.03. The molecule has 0 radical (unpaired) electrons. The second-order valence-electron chi connectivity index (χ2n) is 8.31. The molecule has 0 bridgehead atoms. The van der Waals surface area contributed by atoms with Gasteiger partial charge in [-0.25, -0.2) is 4.79 Å². The van der Waals surface area contributed by atoms with Crippen LogP contribution >= 0.6 is 0 Å². The summed E-state index contributed by atoms with van der Waals surface area (Å²) in [6, 6.07) is 20.2. The molecular weight excluding hydrogens is 436 g/mol. The molecule has 2 unspecified atom stereocenters. The average molecular weight is 458 g/mol. The summed E-state index contributed by atoms with van der Waals surface area (Å²) >= 11 is 0. The fourth-order valence-electron chi connectivity index (χ4n) is 4.54. The molecule has 172 valence electrons. The van der Waals surface area contributed by atoms with Crippen molar-refractivity contribution in [2.45, 2.75) is 18.1 Å². The van der Waals surface area contributed by atoms with Gasteiger partial charge in [-0.3, -0.25) is 14.9 Å². The second kappa shape index (κ2) is 8.74. The van der Waals surface area contributed by atoms with E-state index in [1.807, 2.05) is 48.5 Å². The van der Waals surface area contributed by atoms with Gasteiger partial charge in [0.15, 0.2) is 0 Å². The number of aliphatic hydroxyl groups is 2. The van der Waals surface area contributed by atoms with E-state index in [9.17, 15) is 24.6 Å². The largest absolute Gasteiger partial charge is 0.449 e. The smallest absolute Gasteiger partial charge is 0.407 e. The molecule has 34 heavy (non-hydrogen) atoms. The van der Waals surface area contributed by atoms with Crippen LogP contribution in [0.1, 0.15) is 49.4 Å². The van der Waals surface area contributed by atoms with Crippen molar-refractivity contribution in [3.05, 3.63) is 94.5 Å². The average Bonchev–Trinajstić information content (AvgIpc) is 3.33. The van der Waals surface area contributed by atoms with Crippen molar-refractivity contribution in [1.29, 1.82) is 0 Å². The van der Waals surface area contributed by atoms with E-state index in [0.717, 1.165) is 22.3 Å². The van der Waals surface area contributed by atoms with Crippen LogP contribution in [0.15, 0.2) is 66.7 Å². The first-order valence-corrected chi connectivity index (χ1v) is 10.9. The number of hydrogen-bond acceptors (Lipinski definition) is 6. The van der Waals surface area contributed by atoms with Crippen LogP contribution in [-0.4, -0.2) is 47.4 Å². The van der Waals surface area contributed by atoms with E-state index in [0.29, 0.717) is 0 Å². The molecule has 0 saturated carbocycles. The van der Waals surface area contributed by atoms with Crippen LogP contribution in [0.4, 0.5) is 4.79 Å². The third-order valence-electron chi connectivity index (χ3n) is 6.27. The highest BCUT2D eigenvalue weighted by Gasteiger charge is 2.30. The van der Waals surface area contributed by atoms with E-state index in [1.165, 1.54) is 18.2 Å². The van der Waals surface area contributed by atoms with Crippen molar-refractivity contribution in [3.8, 4) is 11.1 Å². The molecule has 8 nitrogen and oxygen atoms in total. The number of carbonyl (C=O) groups excluding carboxylic acids is 3. The number of aliphatic hydroxyl groups excluding tert-OH is 2. The molecule has 4 N–H and O–H groups in total. The molecule has 0 spiro atoms. The zero-order valence-corrected chi connectivity index (χ0v) is 18.0. The zero-order valence-electron chi connectivity index (χ0n) is 18.0. The normalized spacial score (nSPS) is 15.7. The summed E-state index contributed by atoms with van der Waals surface area (Å²) in [5.74, 6) is -1.15. The van der Waals surface area contributed by atoms with Gasteiger partial charge in [0.05, 0.1) is 11.1 Å². The van der Waals surface area contributed by atoms with Crippen molar-refractivity contribution in [1.82, 2.24) is 10.6 Å². The quantitative estimate of drug-likeness (QED) is 0.421. The van der Waals surface area contributed by atoms with Crippen LogP contribution < -0.4 is 10.6 Å². The highest BCUT2D eigenvalue weighted by atomic mass is 16.5. The molecule has 1 aliphatic heterocycles. The van der Waals surface area contributed by atoms with Crippen molar-refractivity contribution in [2.75, 3.05) is 13.2 Å². The van der Waals surface area contributed by atoms with Gasteiger partial charge in [0.25, 0.3) is 11.8 Å². The first-order valence-electron chi connectivity index (χ1n) is 10.9. The fourth-order valence-corrected chi connectivity index (χ4v) is 4.54. The van der Waals surface area contributed by atoms with Crippen molar-refractivity contribution in [2.24, 2.45) is 0 Å². The fraction of sp³-hybridized carbons (Fsp3) is 0.192. The molecule has 3 aromatic rings. The molecule has 3 amide bonds. The van der Waals surface area contributed by atoms with Crippen LogP contribution in [0.5, 0.6) is 0 Å². The van der Waals surface area contributed by atoms with Crippen molar-refractivity contribution >= 4 is 17.9 Å². The number of ether oxygens (including phenoxy) is 1. The molecule has 0 saturated heterocycles. The molecule has 2 atom stereocenters. The lowest BCUT2D eigenvalue weighted by Crippen LogP contribution is -2.36. The Bertz CT molecular complexity index is 1260.